The van der Waals surface area contributed by atoms with Crippen LogP contribution in [0.4, 0.5) is 16.2 Å². The van der Waals surface area contributed by atoms with Crippen LogP contribution in [-0.4, -0.2) is 26.5 Å². The molecular formula is C26H23FN6O. The van der Waals surface area contributed by atoms with Crippen LogP contribution in [0.15, 0.2) is 65.5 Å². The van der Waals surface area contributed by atoms with Gasteiger partial charge in [0.25, 0.3) is 0 Å². The molecule has 0 atom stereocenters. The van der Waals surface area contributed by atoms with Gasteiger partial charge in [0.1, 0.15) is 23.0 Å². The van der Waals surface area contributed by atoms with Gasteiger partial charge in [-0.05, 0) is 67.3 Å². The average Bonchev–Trinajstić information content (AvgIpc) is 3.19. The molecule has 0 aliphatic heterocycles. The quantitative estimate of drug-likeness (QED) is 0.357. The fourth-order valence-corrected chi connectivity index (χ4v) is 3.91. The summed E-state index contributed by atoms with van der Waals surface area (Å²) in [6.45, 7) is 4.46. The molecule has 5 rings (SSSR count). The number of aryl methyl sites for hydroxylation is 2. The van der Waals surface area contributed by atoms with E-state index in [0.29, 0.717) is 29.9 Å². The van der Waals surface area contributed by atoms with Crippen molar-refractivity contribution in [3.05, 3.63) is 83.9 Å². The molecule has 0 amide bonds. The molecule has 3 aromatic heterocycles. The standard InChI is InChI=1S/C26H23FN6O/c1-15-14-34-24-4-3-18(10-22(15)24)23-11-25(33-16(2)32-23)29-6-5-17-7-19(9-21(27)8-17)20-12-30-26(28)31-13-20/h3-4,7-14H,5-6H2,1-2H3,(H2,28,30,31)(H,29,32,33). The molecule has 0 aliphatic carbocycles. The number of anilines is 2. The van der Waals surface area contributed by atoms with E-state index in [1.54, 1.807) is 18.7 Å². The zero-order chi connectivity index (χ0) is 23.7. The summed E-state index contributed by atoms with van der Waals surface area (Å²) < 4.78 is 19.8. The molecule has 2 aromatic carbocycles. The Bertz CT molecular complexity index is 1480. The van der Waals surface area contributed by atoms with Crippen LogP contribution < -0.4 is 11.1 Å². The van der Waals surface area contributed by atoms with Gasteiger partial charge in [0.15, 0.2) is 0 Å². The Morgan fingerprint density at radius 1 is 0.941 bits per heavy atom. The maximum Gasteiger partial charge on any atom is 0.219 e. The molecule has 0 bridgehead atoms. The lowest BCUT2D eigenvalue weighted by Gasteiger charge is -2.10. The number of hydrogen-bond acceptors (Lipinski definition) is 7. The molecule has 5 aromatic rings. The lowest BCUT2D eigenvalue weighted by molar-refractivity contribution is 0.613. The second-order valence-electron chi connectivity index (χ2n) is 8.17. The summed E-state index contributed by atoms with van der Waals surface area (Å²) in [4.78, 5) is 17.1. The first-order valence-electron chi connectivity index (χ1n) is 10.9. The number of nitrogens with one attached hydrogen (secondary N) is 1. The van der Waals surface area contributed by atoms with Gasteiger partial charge >= 0.3 is 0 Å². The van der Waals surface area contributed by atoms with E-state index in [1.807, 2.05) is 38.1 Å². The largest absolute Gasteiger partial charge is 0.464 e. The number of rotatable bonds is 6. The topological polar surface area (TPSA) is 103 Å². The van der Waals surface area contributed by atoms with Gasteiger partial charge in [-0.15, -0.1) is 0 Å². The fraction of sp³-hybridized carbons (Fsp3) is 0.154. The first-order chi connectivity index (χ1) is 16.4. The van der Waals surface area contributed by atoms with Crippen molar-refractivity contribution in [2.45, 2.75) is 20.3 Å². The first-order valence-corrected chi connectivity index (χ1v) is 10.9. The number of nitrogens with zero attached hydrogens (tertiary/aromatic N) is 4. The highest BCUT2D eigenvalue weighted by molar-refractivity contribution is 5.85. The molecule has 0 radical (unpaired) electrons. The molecule has 34 heavy (non-hydrogen) atoms. The molecule has 3 N–H and O–H groups in total. The van der Waals surface area contributed by atoms with Crippen LogP contribution in [0.5, 0.6) is 0 Å². The zero-order valence-corrected chi connectivity index (χ0v) is 18.8. The Hall–Kier alpha value is -4.33. The molecule has 0 fully saturated rings. The lowest BCUT2D eigenvalue weighted by Crippen LogP contribution is -2.08. The molecule has 0 aliphatic rings. The lowest BCUT2D eigenvalue weighted by atomic mass is 10.0. The number of fused-ring (bicyclic) bond motifs is 1. The molecule has 0 saturated heterocycles. The Labute approximate surface area is 195 Å². The van der Waals surface area contributed by atoms with Gasteiger partial charge in [-0.3, -0.25) is 0 Å². The number of aromatic nitrogens is 4. The van der Waals surface area contributed by atoms with E-state index in [4.69, 9.17) is 10.2 Å². The van der Waals surface area contributed by atoms with Gasteiger partial charge in [0.05, 0.1) is 12.0 Å². The summed E-state index contributed by atoms with van der Waals surface area (Å²) in [5.74, 6) is 1.26. The van der Waals surface area contributed by atoms with Crippen LogP contribution in [0.2, 0.25) is 0 Å². The smallest absolute Gasteiger partial charge is 0.219 e. The van der Waals surface area contributed by atoms with Crippen LogP contribution >= 0.6 is 0 Å². The first kappa shape index (κ1) is 21.5. The number of hydrogen-bond donors (Lipinski definition) is 2. The number of nitrogen functional groups attached to an aromatic ring is 1. The predicted molar refractivity (Wildman–Crippen MR) is 131 cm³/mol. The SMILES string of the molecule is Cc1nc(NCCc2cc(F)cc(-c3cnc(N)nc3)c2)cc(-c2ccc3occ(C)c3c2)n1. The molecule has 0 saturated carbocycles. The summed E-state index contributed by atoms with van der Waals surface area (Å²) in [5.41, 5.74) is 11.6. The monoisotopic (exact) mass is 454 g/mol. The van der Waals surface area contributed by atoms with Crippen LogP contribution in [0.25, 0.3) is 33.4 Å². The molecule has 0 spiro atoms. The molecule has 170 valence electrons. The number of furan rings is 1. The van der Waals surface area contributed by atoms with E-state index in [9.17, 15) is 4.39 Å². The second kappa shape index (κ2) is 8.90. The second-order valence-corrected chi connectivity index (χ2v) is 8.17. The normalized spacial score (nSPS) is 11.1. The average molecular weight is 455 g/mol. The Morgan fingerprint density at radius 3 is 2.59 bits per heavy atom. The number of halogens is 1. The van der Waals surface area contributed by atoms with Crippen LogP contribution in [0, 0.1) is 19.7 Å². The third kappa shape index (κ3) is 4.56. The molecule has 3 heterocycles. The van der Waals surface area contributed by atoms with Crippen molar-refractivity contribution in [2.75, 3.05) is 17.6 Å². The van der Waals surface area contributed by atoms with Gasteiger partial charge in [0, 0.05) is 41.5 Å². The van der Waals surface area contributed by atoms with Gasteiger partial charge in [-0.2, -0.15) is 0 Å². The van der Waals surface area contributed by atoms with Gasteiger partial charge in [0.2, 0.25) is 5.95 Å². The minimum absolute atomic E-state index is 0.184. The minimum atomic E-state index is -0.311. The van der Waals surface area contributed by atoms with Crippen molar-refractivity contribution in [1.29, 1.82) is 0 Å². The zero-order valence-electron chi connectivity index (χ0n) is 18.8. The predicted octanol–water partition coefficient (Wildman–Crippen LogP) is 5.34. The maximum atomic E-state index is 14.2. The Morgan fingerprint density at radius 2 is 1.76 bits per heavy atom. The molecule has 7 nitrogen and oxygen atoms in total. The highest BCUT2D eigenvalue weighted by Crippen LogP contribution is 2.28. The van der Waals surface area contributed by atoms with Crippen molar-refractivity contribution < 1.29 is 8.81 Å². The van der Waals surface area contributed by atoms with E-state index in [2.05, 4.69) is 31.3 Å². The number of benzene rings is 2. The van der Waals surface area contributed by atoms with E-state index >= 15 is 0 Å². The van der Waals surface area contributed by atoms with Crippen molar-refractivity contribution in [1.82, 2.24) is 19.9 Å². The summed E-state index contributed by atoms with van der Waals surface area (Å²) in [5, 5.41) is 4.41. The van der Waals surface area contributed by atoms with Crippen LogP contribution in [0.1, 0.15) is 17.0 Å². The molecule has 0 unspecified atom stereocenters. The van der Waals surface area contributed by atoms with Crippen molar-refractivity contribution in [2.24, 2.45) is 0 Å². The van der Waals surface area contributed by atoms with Gasteiger partial charge in [-0.25, -0.2) is 24.3 Å². The van der Waals surface area contributed by atoms with E-state index in [0.717, 1.165) is 39.2 Å². The minimum Gasteiger partial charge on any atom is -0.464 e. The van der Waals surface area contributed by atoms with E-state index < -0.39 is 0 Å². The molecule has 8 heteroatoms. The van der Waals surface area contributed by atoms with Crippen LogP contribution in [-0.2, 0) is 6.42 Å². The van der Waals surface area contributed by atoms with Crippen molar-refractivity contribution in [3.8, 4) is 22.4 Å². The van der Waals surface area contributed by atoms with Crippen molar-refractivity contribution >= 4 is 22.7 Å². The maximum absolute atomic E-state index is 14.2. The summed E-state index contributed by atoms with van der Waals surface area (Å²) in [6, 6.07) is 12.9. The van der Waals surface area contributed by atoms with E-state index in [-0.39, 0.29) is 11.8 Å². The van der Waals surface area contributed by atoms with Crippen molar-refractivity contribution in [3.63, 3.8) is 0 Å². The van der Waals surface area contributed by atoms with Crippen LogP contribution in [0.3, 0.4) is 0 Å². The van der Waals surface area contributed by atoms with E-state index in [1.165, 1.54) is 12.1 Å². The summed E-state index contributed by atoms with van der Waals surface area (Å²) in [6.07, 6.45) is 5.54. The highest BCUT2D eigenvalue weighted by atomic mass is 19.1. The highest BCUT2D eigenvalue weighted by Gasteiger charge is 2.09. The third-order valence-corrected chi connectivity index (χ3v) is 5.58. The fourth-order valence-electron chi connectivity index (χ4n) is 3.91. The van der Waals surface area contributed by atoms with Gasteiger partial charge < -0.3 is 15.5 Å². The third-order valence-electron chi connectivity index (χ3n) is 5.58. The summed E-state index contributed by atoms with van der Waals surface area (Å²) in [7, 11) is 0. The summed E-state index contributed by atoms with van der Waals surface area (Å²) >= 11 is 0. The molecular weight excluding hydrogens is 431 g/mol. The Balaban J connectivity index is 1.32. The van der Waals surface area contributed by atoms with Gasteiger partial charge in [-0.1, -0.05) is 6.07 Å². The number of nitrogens with two attached hydrogens (primary N) is 1. The Kier molecular flexibility index (Phi) is 5.63.